The molecule has 4 nitrogen and oxygen atoms in total. The van der Waals surface area contributed by atoms with Gasteiger partial charge in [-0.1, -0.05) is 13.3 Å². The standard InChI is InChI=1S/C12H16N2O2/c1-3-4-10-9-7-8(16-2)5-6-11(9)14-12(15)13-10/h5-7,10H,3-4H2,1-2H3,(H2,13,14,15). The number of fused-ring (bicyclic) bond motifs is 1. The first-order chi connectivity index (χ1) is 7.74. The van der Waals surface area contributed by atoms with Crippen molar-refractivity contribution in [3.05, 3.63) is 23.8 Å². The molecular formula is C12H16N2O2. The van der Waals surface area contributed by atoms with E-state index in [1.165, 1.54) is 0 Å². The smallest absolute Gasteiger partial charge is 0.319 e. The van der Waals surface area contributed by atoms with E-state index in [4.69, 9.17) is 4.74 Å². The molecule has 4 heteroatoms. The van der Waals surface area contributed by atoms with Crippen molar-refractivity contribution in [3.63, 3.8) is 0 Å². The molecule has 1 heterocycles. The summed E-state index contributed by atoms with van der Waals surface area (Å²) in [6.45, 7) is 2.11. The summed E-state index contributed by atoms with van der Waals surface area (Å²) in [6, 6.07) is 5.67. The van der Waals surface area contributed by atoms with E-state index in [0.29, 0.717) is 0 Å². The summed E-state index contributed by atoms with van der Waals surface area (Å²) >= 11 is 0. The fraction of sp³-hybridized carbons (Fsp3) is 0.417. The van der Waals surface area contributed by atoms with Crippen LogP contribution in [-0.4, -0.2) is 13.1 Å². The molecule has 1 aliphatic rings. The topological polar surface area (TPSA) is 50.4 Å². The molecular weight excluding hydrogens is 204 g/mol. The van der Waals surface area contributed by atoms with Crippen LogP contribution in [0.5, 0.6) is 5.75 Å². The normalized spacial score (nSPS) is 18.4. The molecule has 16 heavy (non-hydrogen) atoms. The van der Waals surface area contributed by atoms with Crippen LogP contribution in [0.1, 0.15) is 31.4 Å². The number of carbonyl (C=O) groups excluding carboxylic acids is 1. The van der Waals surface area contributed by atoms with Gasteiger partial charge in [-0.05, 0) is 24.6 Å². The summed E-state index contributed by atoms with van der Waals surface area (Å²) in [6.07, 6.45) is 1.97. The van der Waals surface area contributed by atoms with Gasteiger partial charge in [0.15, 0.2) is 0 Å². The molecule has 0 aromatic heterocycles. The van der Waals surface area contributed by atoms with E-state index in [0.717, 1.165) is 29.8 Å². The summed E-state index contributed by atoms with van der Waals surface area (Å²) in [5, 5.41) is 5.71. The van der Waals surface area contributed by atoms with Gasteiger partial charge in [0, 0.05) is 11.3 Å². The number of nitrogens with one attached hydrogen (secondary N) is 2. The largest absolute Gasteiger partial charge is 0.497 e. The minimum Gasteiger partial charge on any atom is -0.497 e. The van der Waals surface area contributed by atoms with Crippen molar-refractivity contribution >= 4 is 11.7 Å². The van der Waals surface area contributed by atoms with Gasteiger partial charge < -0.3 is 15.4 Å². The number of benzene rings is 1. The van der Waals surface area contributed by atoms with E-state index in [-0.39, 0.29) is 12.1 Å². The molecule has 86 valence electrons. The third kappa shape index (κ3) is 1.96. The second-order valence-electron chi connectivity index (χ2n) is 3.89. The number of hydrogen-bond donors (Lipinski definition) is 2. The zero-order chi connectivity index (χ0) is 11.5. The van der Waals surface area contributed by atoms with Crippen LogP contribution in [0.4, 0.5) is 10.5 Å². The summed E-state index contributed by atoms with van der Waals surface area (Å²) in [4.78, 5) is 11.4. The first-order valence-corrected chi connectivity index (χ1v) is 5.50. The Balaban J connectivity index is 2.37. The Morgan fingerprint density at radius 1 is 1.44 bits per heavy atom. The molecule has 0 bridgehead atoms. The quantitative estimate of drug-likeness (QED) is 0.822. The fourth-order valence-corrected chi connectivity index (χ4v) is 1.98. The van der Waals surface area contributed by atoms with Crippen molar-refractivity contribution in [2.45, 2.75) is 25.8 Å². The number of carbonyl (C=O) groups is 1. The van der Waals surface area contributed by atoms with Crippen molar-refractivity contribution in [2.24, 2.45) is 0 Å². The van der Waals surface area contributed by atoms with Crippen LogP contribution in [0.3, 0.4) is 0 Å². The molecule has 1 aliphatic heterocycles. The molecule has 0 radical (unpaired) electrons. The van der Waals surface area contributed by atoms with Gasteiger partial charge in [-0.3, -0.25) is 0 Å². The van der Waals surface area contributed by atoms with E-state index in [9.17, 15) is 4.79 Å². The van der Waals surface area contributed by atoms with Crippen molar-refractivity contribution < 1.29 is 9.53 Å². The number of ether oxygens (including phenoxy) is 1. The predicted molar refractivity (Wildman–Crippen MR) is 62.8 cm³/mol. The van der Waals surface area contributed by atoms with Gasteiger partial charge in [-0.2, -0.15) is 0 Å². The SMILES string of the molecule is CCCC1NC(=O)Nc2ccc(OC)cc21. The highest BCUT2D eigenvalue weighted by Gasteiger charge is 2.23. The molecule has 2 N–H and O–H groups in total. The summed E-state index contributed by atoms with van der Waals surface area (Å²) in [5.41, 5.74) is 1.98. The van der Waals surface area contributed by atoms with E-state index in [1.807, 2.05) is 18.2 Å². The van der Waals surface area contributed by atoms with Crippen molar-refractivity contribution in [1.29, 1.82) is 0 Å². The maximum Gasteiger partial charge on any atom is 0.319 e. The lowest BCUT2D eigenvalue weighted by molar-refractivity contribution is 0.246. The van der Waals surface area contributed by atoms with Gasteiger partial charge in [0.05, 0.1) is 13.2 Å². The number of anilines is 1. The number of urea groups is 1. The molecule has 0 spiro atoms. The predicted octanol–water partition coefficient (Wildman–Crippen LogP) is 2.67. The molecule has 2 amide bonds. The molecule has 1 aromatic carbocycles. The summed E-state index contributed by atoms with van der Waals surface area (Å²) in [7, 11) is 1.64. The number of amides is 2. The van der Waals surface area contributed by atoms with Gasteiger partial charge in [-0.25, -0.2) is 4.79 Å². The highest BCUT2D eigenvalue weighted by Crippen LogP contribution is 2.32. The van der Waals surface area contributed by atoms with Crippen LogP contribution in [0.2, 0.25) is 0 Å². The monoisotopic (exact) mass is 220 g/mol. The Hall–Kier alpha value is -1.71. The zero-order valence-electron chi connectivity index (χ0n) is 9.54. The molecule has 0 saturated carbocycles. The minimum absolute atomic E-state index is 0.0869. The van der Waals surface area contributed by atoms with E-state index in [1.54, 1.807) is 7.11 Å². The molecule has 1 atom stereocenters. The number of hydrogen-bond acceptors (Lipinski definition) is 2. The number of methoxy groups -OCH3 is 1. The molecule has 0 saturated heterocycles. The Morgan fingerprint density at radius 2 is 2.25 bits per heavy atom. The van der Waals surface area contributed by atoms with Gasteiger partial charge in [0.2, 0.25) is 0 Å². The third-order valence-electron chi connectivity index (χ3n) is 2.77. The highest BCUT2D eigenvalue weighted by atomic mass is 16.5. The molecule has 0 fully saturated rings. The minimum atomic E-state index is -0.129. The van der Waals surface area contributed by atoms with Crippen LogP contribution >= 0.6 is 0 Å². The number of rotatable bonds is 3. The van der Waals surface area contributed by atoms with Gasteiger partial charge in [0.1, 0.15) is 5.75 Å². The van der Waals surface area contributed by atoms with Crippen LogP contribution in [0.25, 0.3) is 0 Å². The zero-order valence-corrected chi connectivity index (χ0v) is 9.54. The van der Waals surface area contributed by atoms with Crippen molar-refractivity contribution in [1.82, 2.24) is 5.32 Å². The van der Waals surface area contributed by atoms with Crippen molar-refractivity contribution in [3.8, 4) is 5.75 Å². The van der Waals surface area contributed by atoms with Gasteiger partial charge >= 0.3 is 6.03 Å². The highest BCUT2D eigenvalue weighted by molar-refractivity contribution is 5.93. The van der Waals surface area contributed by atoms with Gasteiger partial charge in [-0.15, -0.1) is 0 Å². The Labute approximate surface area is 95.0 Å². The first-order valence-electron chi connectivity index (χ1n) is 5.50. The Kier molecular flexibility index (Phi) is 2.99. The molecule has 1 aromatic rings. The lowest BCUT2D eigenvalue weighted by Crippen LogP contribution is -2.37. The molecule has 1 unspecified atom stereocenters. The summed E-state index contributed by atoms with van der Waals surface area (Å²) < 4.78 is 5.19. The van der Waals surface area contributed by atoms with Gasteiger partial charge in [0.25, 0.3) is 0 Å². The van der Waals surface area contributed by atoms with Crippen molar-refractivity contribution in [2.75, 3.05) is 12.4 Å². The molecule has 2 rings (SSSR count). The first kappa shape index (κ1) is 10.8. The van der Waals surface area contributed by atoms with E-state index < -0.39 is 0 Å². The second kappa shape index (κ2) is 4.43. The average molecular weight is 220 g/mol. The average Bonchev–Trinajstić information content (AvgIpc) is 2.29. The van der Waals surface area contributed by atoms with E-state index in [2.05, 4.69) is 17.6 Å². The summed E-state index contributed by atoms with van der Waals surface area (Å²) in [5.74, 6) is 0.817. The maximum atomic E-state index is 11.4. The third-order valence-corrected chi connectivity index (χ3v) is 2.77. The van der Waals surface area contributed by atoms with Crippen LogP contribution in [-0.2, 0) is 0 Å². The lowest BCUT2D eigenvalue weighted by Gasteiger charge is -2.27. The lowest BCUT2D eigenvalue weighted by atomic mass is 9.98. The molecule has 0 aliphatic carbocycles. The maximum absolute atomic E-state index is 11.4. The van der Waals surface area contributed by atoms with Crippen LogP contribution in [0, 0.1) is 0 Å². The second-order valence-corrected chi connectivity index (χ2v) is 3.89. The Bertz CT molecular complexity index is 404. The van der Waals surface area contributed by atoms with E-state index >= 15 is 0 Å². The van der Waals surface area contributed by atoms with Crippen LogP contribution < -0.4 is 15.4 Å². The van der Waals surface area contributed by atoms with Crippen LogP contribution in [0.15, 0.2) is 18.2 Å². The Morgan fingerprint density at radius 3 is 2.94 bits per heavy atom. The fourth-order valence-electron chi connectivity index (χ4n) is 1.98.